The van der Waals surface area contributed by atoms with Gasteiger partial charge in [0.05, 0.1) is 24.4 Å². The molecule has 23 heavy (non-hydrogen) atoms. The van der Waals surface area contributed by atoms with Gasteiger partial charge in [-0.1, -0.05) is 0 Å². The maximum atomic E-state index is 11.9. The van der Waals surface area contributed by atoms with E-state index in [1.807, 2.05) is 11.8 Å². The lowest BCUT2D eigenvalue weighted by atomic mass is 10.0. The highest BCUT2D eigenvalue weighted by Crippen LogP contribution is 2.23. The molecule has 2 atom stereocenters. The molecule has 3 heterocycles. The van der Waals surface area contributed by atoms with Crippen molar-refractivity contribution in [2.24, 2.45) is 0 Å². The molecule has 124 valence electrons. The van der Waals surface area contributed by atoms with Crippen molar-refractivity contribution in [2.75, 3.05) is 19.6 Å². The van der Waals surface area contributed by atoms with Crippen LogP contribution in [0.5, 0.6) is 0 Å². The second kappa shape index (κ2) is 6.36. The third kappa shape index (κ3) is 3.42. The van der Waals surface area contributed by atoms with E-state index in [4.69, 9.17) is 0 Å². The number of hydrogen-bond donors (Lipinski definition) is 4. The van der Waals surface area contributed by atoms with Gasteiger partial charge in [0.25, 0.3) is 5.91 Å². The normalized spacial score (nSPS) is 24.9. The molecule has 2 aromatic heterocycles. The summed E-state index contributed by atoms with van der Waals surface area (Å²) in [4.78, 5) is 17.8. The van der Waals surface area contributed by atoms with Gasteiger partial charge < -0.3 is 15.5 Å². The molecule has 0 bridgehead atoms. The number of aliphatic hydroxyl groups is 2. The predicted molar refractivity (Wildman–Crippen MR) is 84.0 cm³/mol. The second-order valence-corrected chi connectivity index (χ2v) is 6.58. The number of aromatic nitrogens is 3. The van der Waals surface area contributed by atoms with Crippen LogP contribution >= 0.6 is 11.3 Å². The zero-order valence-electron chi connectivity index (χ0n) is 12.7. The summed E-state index contributed by atoms with van der Waals surface area (Å²) < 4.78 is 0. The molecule has 0 aliphatic carbocycles. The summed E-state index contributed by atoms with van der Waals surface area (Å²) in [5.41, 5.74) is 2.50. The molecule has 1 amide bonds. The molecule has 8 nitrogen and oxygen atoms in total. The molecular weight excluding hydrogens is 318 g/mol. The number of carbonyl (C=O) groups excluding carboxylic acids is 1. The molecule has 0 unspecified atom stereocenters. The first kappa shape index (κ1) is 16.1. The SMILES string of the molecule is Cc1[nH]ncc1CN1C[C@@H](O)[C@](O)(CNC(=O)c2cscn2)C1. The summed E-state index contributed by atoms with van der Waals surface area (Å²) in [6.45, 7) is 3.10. The Morgan fingerprint density at radius 1 is 1.65 bits per heavy atom. The molecule has 4 N–H and O–H groups in total. The van der Waals surface area contributed by atoms with Crippen LogP contribution in [0.15, 0.2) is 17.1 Å². The average molecular weight is 337 g/mol. The van der Waals surface area contributed by atoms with E-state index >= 15 is 0 Å². The van der Waals surface area contributed by atoms with Crippen molar-refractivity contribution in [2.45, 2.75) is 25.2 Å². The third-order valence-electron chi connectivity index (χ3n) is 4.10. The van der Waals surface area contributed by atoms with Crippen molar-refractivity contribution in [1.82, 2.24) is 25.4 Å². The van der Waals surface area contributed by atoms with Gasteiger partial charge in [-0.25, -0.2) is 4.98 Å². The summed E-state index contributed by atoms with van der Waals surface area (Å²) in [5, 5.41) is 31.9. The van der Waals surface area contributed by atoms with E-state index < -0.39 is 11.7 Å². The van der Waals surface area contributed by atoms with Crippen molar-refractivity contribution in [3.05, 3.63) is 34.0 Å². The zero-order chi connectivity index (χ0) is 16.4. The Morgan fingerprint density at radius 2 is 2.48 bits per heavy atom. The Hall–Kier alpha value is -1.81. The molecule has 1 saturated heterocycles. The first-order chi connectivity index (χ1) is 11.0. The molecule has 0 radical (unpaired) electrons. The predicted octanol–water partition coefficient (Wildman–Crippen LogP) is -0.488. The van der Waals surface area contributed by atoms with Gasteiger partial charge in [-0.2, -0.15) is 5.10 Å². The van der Waals surface area contributed by atoms with Gasteiger partial charge >= 0.3 is 0 Å². The number of nitrogens with zero attached hydrogens (tertiary/aromatic N) is 3. The molecule has 0 spiro atoms. The van der Waals surface area contributed by atoms with Crippen LogP contribution in [0.25, 0.3) is 0 Å². The molecule has 1 fully saturated rings. The Kier molecular flexibility index (Phi) is 4.44. The summed E-state index contributed by atoms with van der Waals surface area (Å²) in [5.74, 6) is -0.351. The zero-order valence-corrected chi connectivity index (χ0v) is 13.5. The minimum Gasteiger partial charge on any atom is -0.389 e. The van der Waals surface area contributed by atoms with Crippen LogP contribution in [0.3, 0.4) is 0 Å². The van der Waals surface area contributed by atoms with E-state index in [2.05, 4.69) is 20.5 Å². The Labute approximate surface area is 137 Å². The lowest BCUT2D eigenvalue weighted by Crippen LogP contribution is -2.51. The number of hydrogen-bond acceptors (Lipinski definition) is 7. The largest absolute Gasteiger partial charge is 0.389 e. The number of aromatic amines is 1. The van der Waals surface area contributed by atoms with Crippen LogP contribution in [0, 0.1) is 6.92 Å². The van der Waals surface area contributed by atoms with Crippen LogP contribution in [0.2, 0.25) is 0 Å². The summed E-state index contributed by atoms with van der Waals surface area (Å²) in [6, 6.07) is 0. The number of nitrogens with one attached hydrogen (secondary N) is 2. The van der Waals surface area contributed by atoms with Crippen LogP contribution in [0.1, 0.15) is 21.7 Å². The Bertz CT molecular complexity index is 674. The van der Waals surface area contributed by atoms with Crippen LogP contribution in [-0.4, -0.2) is 67.5 Å². The van der Waals surface area contributed by atoms with Gasteiger partial charge in [-0.15, -0.1) is 11.3 Å². The smallest absolute Gasteiger partial charge is 0.270 e. The van der Waals surface area contributed by atoms with Gasteiger partial charge in [-0.05, 0) is 6.92 Å². The van der Waals surface area contributed by atoms with Crippen LogP contribution in [-0.2, 0) is 6.54 Å². The molecule has 2 aromatic rings. The monoisotopic (exact) mass is 337 g/mol. The maximum Gasteiger partial charge on any atom is 0.270 e. The highest BCUT2D eigenvalue weighted by atomic mass is 32.1. The summed E-state index contributed by atoms with van der Waals surface area (Å²) in [6.07, 6.45) is 0.814. The second-order valence-electron chi connectivity index (χ2n) is 5.87. The number of H-pyrrole nitrogens is 1. The molecule has 0 aromatic carbocycles. The highest BCUT2D eigenvalue weighted by molar-refractivity contribution is 7.07. The van der Waals surface area contributed by atoms with Crippen molar-refractivity contribution in [3.8, 4) is 0 Å². The third-order valence-corrected chi connectivity index (χ3v) is 4.68. The molecule has 3 rings (SSSR count). The van der Waals surface area contributed by atoms with E-state index in [1.54, 1.807) is 17.1 Å². The average Bonchev–Trinajstić information content (AvgIpc) is 3.22. The fourth-order valence-electron chi connectivity index (χ4n) is 2.69. The lowest BCUT2D eigenvalue weighted by molar-refractivity contribution is -0.0377. The van der Waals surface area contributed by atoms with Crippen LogP contribution in [0.4, 0.5) is 0 Å². The number of aliphatic hydroxyl groups excluding tert-OH is 1. The number of carbonyl (C=O) groups is 1. The fourth-order valence-corrected chi connectivity index (χ4v) is 3.22. The van der Waals surface area contributed by atoms with Gasteiger partial charge in [0.15, 0.2) is 0 Å². The first-order valence-electron chi connectivity index (χ1n) is 7.26. The first-order valence-corrected chi connectivity index (χ1v) is 8.20. The van der Waals surface area contributed by atoms with E-state index in [0.29, 0.717) is 18.8 Å². The van der Waals surface area contributed by atoms with E-state index in [1.165, 1.54) is 11.3 Å². The van der Waals surface area contributed by atoms with Crippen molar-refractivity contribution in [1.29, 1.82) is 0 Å². The lowest BCUT2D eigenvalue weighted by Gasteiger charge is -2.26. The Morgan fingerprint density at radius 3 is 3.13 bits per heavy atom. The van der Waals surface area contributed by atoms with E-state index in [-0.39, 0.29) is 19.0 Å². The maximum absolute atomic E-state index is 11.9. The quantitative estimate of drug-likeness (QED) is 0.585. The topological polar surface area (TPSA) is 114 Å². The number of β-amino-alcohol motifs (C(OH)–C–C–N with tert-alkyl or cyclic N) is 2. The van der Waals surface area contributed by atoms with Gasteiger partial charge in [0, 0.05) is 36.3 Å². The minimum absolute atomic E-state index is 0.0224. The molecule has 9 heteroatoms. The van der Waals surface area contributed by atoms with Gasteiger partial charge in [-0.3, -0.25) is 14.8 Å². The fraction of sp³-hybridized carbons (Fsp3) is 0.500. The molecule has 1 aliphatic rings. The van der Waals surface area contributed by atoms with E-state index in [9.17, 15) is 15.0 Å². The van der Waals surface area contributed by atoms with Crippen LogP contribution < -0.4 is 5.32 Å². The van der Waals surface area contributed by atoms with Crippen molar-refractivity contribution >= 4 is 17.2 Å². The van der Waals surface area contributed by atoms with Crippen molar-refractivity contribution in [3.63, 3.8) is 0 Å². The standard InChI is InChI=1S/C14H19N5O3S/c1-9-10(2-17-18-9)3-19-4-12(20)14(22,7-19)6-15-13(21)11-5-23-8-16-11/h2,5,8,12,20,22H,3-4,6-7H2,1H3,(H,15,21)(H,17,18)/t12-,14+/m1/s1. The number of thiazole rings is 1. The highest BCUT2D eigenvalue weighted by Gasteiger charge is 2.44. The number of likely N-dealkylation sites (tertiary alicyclic amines) is 1. The molecule has 0 saturated carbocycles. The molecule has 1 aliphatic heterocycles. The van der Waals surface area contributed by atoms with Crippen molar-refractivity contribution < 1.29 is 15.0 Å². The van der Waals surface area contributed by atoms with Gasteiger partial charge in [0.1, 0.15) is 11.3 Å². The van der Waals surface area contributed by atoms with Gasteiger partial charge in [0.2, 0.25) is 0 Å². The molecular formula is C14H19N5O3S. The van der Waals surface area contributed by atoms with E-state index in [0.717, 1.165) is 11.3 Å². The summed E-state index contributed by atoms with van der Waals surface area (Å²) >= 11 is 1.33. The number of amides is 1. The number of rotatable bonds is 5. The minimum atomic E-state index is -1.37. The summed E-state index contributed by atoms with van der Waals surface area (Å²) in [7, 11) is 0. The Balaban J connectivity index is 1.58. The number of aryl methyl sites for hydroxylation is 1.